The molecule has 2 aromatic heterocycles. The average molecular weight is 464 g/mol. The van der Waals surface area contributed by atoms with Crippen molar-refractivity contribution in [2.45, 2.75) is 57.9 Å². The van der Waals surface area contributed by atoms with E-state index in [0.29, 0.717) is 6.54 Å². The summed E-state index contributed by atoms with van der Waals surface area (Å²) in [7, 11) is 1.93. The van der Waals surface area contributed by atoms with E-state index in [1.165, 1.54) is 6.08 Å². The lowest BCUT2D eigenvalue weighted by Crippen LogP contribution is -2.13. The number of carbonyl (C=O) groups is 1. The van der Waals surface area contributed by atoms with Gasteiger partial charge in [-0.25, -0.2) is 14.8 Å². The van der Waals surface area contributed by atoms with Crippen molar-refractivity contribution >= 4 is 22.8 Å². The number of ether oxygens (including phenoxy) is 2. The highest BCUT2D eigenvalue weighted by atomic mass is 16.7. The Balaban J connectivity index is 1.45. The summed E-state index contributed by atoms with van der Waals surface area (Å²) in [4.78, 5) is 21.0. The Kier molecular flexibility index (Phi) is 6.08. The molecule has 2 N–H and O–H groups in total. The van der Waals surface area contributed by atoms with Gasteiger partial charge in [-0.2, -0.15) is 5.10 Å². The molecular weight excluding hydrogens is 434 g/mol. The fourth-order valence-corrected chi connectivity index (χ4v) is 4.77. The van der Waals surface area contributed by atoms with Gasteiger partial charge in [-0.05, 0) is 49.8 Å². The first kappa shape index (κ1) is 22.2. The Morgan fingerprint density at radius 1 is 1.24 bits per heavy atom. The van der Waals surface area contributed by atoms with Crippen LogP contribution in [0.1, 0.15) is 62.0 Å². The number of aliphatic carboxylic acids is 1. The number of benzene rings is 1. The molecule has 0 spiro atoms. The minimum Gasteiger partial charge on any atom is -0.478 e. The van der Waals surface area contributed by atoms with Crippen LogP contribution in [0.15, 0.2) is 29.8 Å². The van der Waals surface area contributed by atoms with Crippen LogP contribution in [0.2, 0.25) is 0 Å². The van der Waals surface area contributed by atoms with E-state index in [1.807, 2.05) is 29.9 Å². The first-order valence-corrected chi connectivity index (χ1v) is 11.8. The second kappa shape index (κ2) is 9.32. The van der Waals surface area contributed by atoms with Crippen molar-refractivity contribution in [2.75, 3.05) is 12.1 Å². The maximum atomic E-state index is 11.0. The smallest absolute Gasteiger partial charge is 0.328 e. The van der Waals surface area contributed by atoms with Crippen molar-refractivity contribution in [3.05, 3.63) is 46.9 Å². The zero-order valence-corrected chi connectivity index (χ0v) is 19.5. The van der Waals surface area contributed by atoms with Gasteiger partial charge >= 0.3 is 5.97 Å². The Bertz CT molecular complexity index is 1260. The standard InChI is InChI=1S/C25H29N5O4/c1-3-4-18-22-23(30(2)29-18)25(26-13-16-7-10-19-20(11-16)34-14-33-19)28-24(27-22)17-8-5-15(6-9-17)12-21(31)32/h7,10-12,17H,3-6,8-9,13-14H2,1-2H3,(H,31,32)(H,26,27,28). The van der Waals surface area contributed by atoms with Crippen molar-refractivity contribution in [3.8, 4) is 11.5 Å². The van der Waals surface area contributed by atoms with E-state index in [9.17, 15) is 4.79 Å². The molecular formula is C25H29N5O4. The molecule has 1 aliphatic heterocycles. The minimum absolute atomic E-state index is 0.191. The number of carboxylic acid groups (broad SMARTS) is 1. The number of hydrogen-bond donors (Lipinski definition) is 2. The number of nitrogens with zero attached hydrogens (tertiary/aromatic N) is 4. The summed E-state index contributed by atoms with van der Waals surface area (Å²) >= 11 is 0. The Morgan fingerprint density at radius 3 is 2.79 bits per heavy atom. The summed E-state index contributed by atoms with van der Waals surface area (Å²) in [6.45, 7) is 2.97. The molecule has 3 heterocycles. The predicted octanol–water partition coefficient (Wildman–Crippen LogP) is 4.33. The highest BCUT2D eigenvalue weighted by Crippen LogP contribution is 2.36. The zero-order valence-electron chi connectivity index (χ0n) is 19.5. The van der Waals surface area contributed by atoms with Crippen LogP contribution in [0.5, 0.6) is 11.5 Å². The summed E-state index contributed by atoms with van der Waals surface area (Å²) in [6, 6.07) is 5.93. The Hall–Kier alpha value is -3.62. The van der Waals surface area contributed by atoms with E-state index in [4.69, 9.17) is 29.6 Å². The number of rotatable bonds is 7. The highest BCUT2D eigenvalue weighted by Gasteiger charge is 2.25. The number of hydrogen-bond acceptors (Lipinski definition) is 7. The van der Waals surface area contributed by atoms with Crippen LogP contribution in [0, 0.1) is 0 Å². The molecule has 0 bridgehead atoms. The number of allylic oxidation sites excluding steroid dienone is 1. The number of nitrogens with one attached hydrogen (secondary N) is 1. The minimum atomic E-state index is -0.874. The molecule has 178 valence electrons. The van der Waals surface area contributed by atoms with Gasteiger partial charge in [-0.15, -0.1) is 0 Å². The van der Waals surface area contributed by atoms with Gasteiger partial charge in [0.1, 0.15) is 16.9 Å². The maximum Gasteiger partial charge on any atom is 0.328 e. The summed E-state index contributed by atoms with van der Waals surface area (Å²) in [5, 5.41) is 17.3. The van der Waals surface area contributed by atoms with Crippen molar-refractivity contribution < 1.29 is 19.4 Å². The molecule has 9 nitrogen and oxygen atoms in total. The molecule has 9 heteroatoms. The fraction of sp³-hybridized carbons (Fsp3) is 0.440. The first-order valence-electron chi connectivity index (χ1n) is 11.8. The van der Waals surface area contributed by atoms with E-state index in [0.717, 1.165) is 89.5 Å². The quantitative estimate of drug-likeness (QED) is 0.498. The first-order chi connectivity index (χ1) is 16.5. The SMILES string of the molecule is CCCc1nn(C)c2c(NCc3ccc4c(c3)OCO4)nc(C3CCC(=CC(=O)O)CC3)nc12. The summed E-state index contributed by atoms with van der Waals surface area (Å²) < 4.78 is 12.8. The van der Waals surface area contributed by atoms with Crippen LogP contribution in [-0.2, 0) is 24.8 Å². The molecule has 0 atom stereocenters. The number of carboxylic acids is 1. The third-order valence-electron chi connectivity index (χ3n) is 6.47. The zero-order chi connectivity index (χ0) is 23.7. The molecule has 0 amide bonds. The molecule has 1 aromatic carbocycles. The van der Waals surface area contributed by atoms with Crippen molar-refractivity contribution in [1.29, 1.82) is 0 Å². The highest BCUT2D eigenvalue weighted by molar-refractivity contribution is 5.87. The number of anilines is 1. The van der Waals surface area contributed by atoms with Gasteiger partial charge in [0.25, 0.3) is 0 Å². The molecule has 1 fully saturated rings. The summed E-state index contributed by atoms with van der Waals surface area (Å²) in [5.41, 5.74) is 4.83. The Morgan fingerprint density at radius 2 is 2.03 bits per heavy atom. The third kappa shape index (κ3) is 4.42. The van der Waals surface area contributed by atoms with Gasteiger partial charge in [0.05, 0.1) is 5.69 Å². The van der Waals surface area contributed by atoms with Crippen molar-refractivity contribution in [2.24, 2.45) is 7.05 Å². The molecule has 0 unspecified atom stereocenters. The molecule has 1 aliphatic carbocycles. The van der Waals surface area contributed by atoms with Crippen LogP contribution in [0.3, 0.4) is 0 Å². The predicted molar refractivity (Wildman–Crippen MR) is 127 cm³/mol. The largest absolute Gasteiger partial charge is 0.478 e. The van der Waals surface area contributed by atoms with Crippen molar-refractivity contribution in [1.82, 2.24) is 19.7 Å². The molecule has 34 heavy (non-hydrogen) atoms. The van der Waals surface area contributed by atoms with Crippen LogP contribution in [-0.4, -0.2) is 37.6 Å². The topological polar surface area (TPSA) is 111 Å². The normalized spacial score (nSPS) is 17.2. The van der Waals surface area contributed by atoms with Gasteiger partial charge in [-0.1, -0.05) is 25.0 Å². The van der Waals surface area contributed by atoms with E-state index in [2.05, 4.69) is 12.2 Å². The lowest BCUT2D eigenvalue weighted by molar-refractivity contribution is -0.131. The molecule has 1 saturated carbocycles. The van der Waals surface area contributed by atoms with Crippen LogP contribution in [0.25, 0.3) is 11.0 Å². The molecule has 0 saturated heterocycles. The molecule has 3 aromatic rings. The Labute approximate surface area is 197 Å². The molecule has 5 rings (SSSR count). The van der Waals surface area contributed by atoms with Crippen LogP contribution >= 0.6 is 0 Å². The van der Waals surface area contributed by atoms with E-state index < -0.39 is 5.97 Å². The van der Waals surface area contributed by atoms with Gasteiger partial charge in [0, 0.05) is 25.6 Å². The average Bonchev–Trinajstić information content (AvgIpc) is 3.42. The van der Waals surface area contributed by atoms with Crippen molar-refractivity contribution in [3.63, 3.8) is 0 Å². The fourth-order valence-electron chi connectivity index (χ4n) is 4.77. The monoisotopic (exact) mass is 463 g/mol. The van der Waals surface area contributed by atoms with E-state index in [1.54, 1.807) is 0 Å². The second-order valence-electron chi connectivity index (χ2n) is 8.90. The third-order valence-corrected chi connectivity index (χ3v) is 6.47. The number of fused-ring (bicyclic) bond motifs is 2. The lowest BCUT2D eigenvalue weighted by Gasteiger charge is -2.23. The van der Waals surface area contributed by atoms with E-state index in [-0.39, 0.29) is 12.7 Å². The van der Waals surface area contributed by atoms with Gasteiger partial charge in [0.2, 0.25) is 6.79 Å². The summed E-state index contributed by atoms with van der Waals surface area (Å²) in [5.74, 6) is 2.41. The molecule has 0 radical (unpaired) electrons. The van der Waals surface area contributed by atoms with Gasteiger partial charge < -0.3 is 19.9 Å². The van der Waals surface area contributed by atoms with Crippen LogP contribution < -0.4 is 14.8 Å². The number of aromatic nitrogens is 4. The van der Waals surface area contributed by atoms with Gasteiger partial charge in [-0.3, -0.25) is 4.68 Å². The second-order valence-corrected chi connectivity index (χ2v) is 8.90. The van der Waals surface area contributed by atoms with Crippen LogP contribution in [0.4, 0.5) is 5.82 Å². The lowest BCUT2D eigenvalue weighted by atomic mass is 9.85. The van der Waals surface area contributed by atoms with E-state index >= 15 is 0 Å². The number of aryl methyl sites for hydroxylation is 2. The molecule has 2 aliphatic rings. The summed E-state index contributed by atoms with van der Waals surface area (Å²) in [6.07, 6.45) is 6.38. The maximum absolute atomic E-state index is 11.0. The van der Waals surface area contributed by atoms with Gasteiger partial charge in [0.15, 0.2) is 17.3 Å².